The quantitative estimate of drug-likeness (QED) is 0.371. The Bertz CT molecular complexity index is 1140. The minimum absolute atomic E-state index is 0.363. The van der Waals surface area contributed by atoms with Gasteiger partial charge in [-0.15, -0.1) is 0 Å². The lowest BCUT2D eigenvalue weighted by Crippen LogP contribution is -2.70. The summed E-state index contributed by atoms with van der Waals surface area (Å²) >= 11 is 3.98. The molecular formula is C32H35Br. The fourth-order valence-corrected chi connectivity index (χ4v) is 13.4. The number of hydrogen-bond acceptors (Lipinski definition) is 0. The minimum Gasteiger partial charge on any atom is -0.0622 e. The highest BCUT2D eigenvalue weighted by Crippen LogP contribution is 2.82. The molecule has 0 saturated heterocycles. The normalized spacial score (nSPS) is 51.8. The van der Waals surface area contributed by atoms with Gasteiger partial charge in [-0.2, -0.15) is 0 Å². The van der Waals surface area contributed by atoms with E-state index in [0.717, 1.165) is 41.4 Å². The van der Waals surface area contributed by atoms with Crippen LogP contribution in [0.25, 0.3) is 0 Å². The second-order valence-corrected chi connectivity index (χ2v) is 14.7. The Labute approximate surface area is 207 Å². The summed E-state index contributed by atoms with van der Waals surface area (Å²) in [6.45, 7) is 0. The second-order valence-electron chi connectivity index (χ2n) is 13.8. The molecule has 170 valence electrons. The first-order chi connectivity index (χ1) is 16.1. The van der Waals surface area contributed by atoms with Crippen molar-refractivity contribution in [3.8, 4) is 0 Å². The van der Waals surface area contributed by atoms with Crippen molar-refractivity contribution in [3.05, 3.63) is 69.7 Å². The highest BCUT2D eigenvalue weighted by molar-refractivity contribution is 9.10. The van der Waals surface area contributed by atoms with Crippen LogP contribution in [-0.4, -0.2) is 0 Å². The average Bonchev–Trinajstić information content (AvgIpc) is 3.04. The molecular weight excluding hydrogens is 464 g/mol. The zero-order valence-corrected chi connectivity index (χ0v) is 21.2. The number of fused-ring (bicyclic) bond motifs is 1. The molecule has 10 atom stereocenters. The Morgan fingerprint density at radius 1 is 0.667 bits per heavy atom. The molecule has 0 radical (unpaired) electrons. The third-order valence-electron chi connectivity index (χ3n) is 12.7. The molecule has 0 N–H and O–H groups in total. The fraction of sp³-hybridized carbons (Fsp3) is 0.625. The molecule has 0 nitrogen and oxygen atoms in total. The van der Waals surface area contributed by atoms with Crippen molar-refractivity contribution in [3.63, 3.8) is 0 Å². The predicted molar refractivity (Wildman–Crippen MR) is 136 cm³/mol. The van der Waals surface area contributed by atoms with Crippen LogP contribution in [0.4, 0.5) is 0 Å². The zero-order chi connectivity index (χ0) is 21.6. The Morgan fingerprint density at radius 3 is 2.03 bits per heavy atom. The van der Waals surface area contributed by atoms with Crippen LogP contribution in [0.15, 0.2) is 53.0 Å². The first-order valence-electron chi connectivity index (χ1n) is 14.0. The largest absolute Gasteiger partial charge is 0.0622 e. The predicted octanol–water partition coefficient (Wildman–Crippen LogP) is 8.17. The van der Waals surface area contributed by atoms with Gasteiger partial charge in [0, 0.05) is 20.7 Å². The number of rotatable bonds is 1. The Balaban J connectivity index is 1.40. The molecule has 2 aromatic rings. The molecule has 2 aromatic carbocycles. The smallest absolute Gasteiger partial charge is 0.0178 e. The average molecular weight is 500 g/mol. The van der Waals surface area contributed by atoms with Crippen molar-refractivity contribution in [1.82, 2.24) is 0 Å². The first-order valence-corrected chi connectivity index (χ1v) is 14.8. The van der Waals surface area contributed by atoms with Crippen molar-refractivity contribution in [2.75, 3.05) is 0 Å². The topological polar surface area (TPSA) is 0 Å². The van der Waals surface area contributed by atoms with Crippen LogP contribution in [-0.2, 0) is 16.2 Å². The van der Waals surface area contributed by atoms with E-state index in [9.17, 15) is 0 Å². The molecule has 4 unspecified atom stereocenters. The maximum Gasteiger partial charge on any atom is 0.0178 e. The molecule has 0 heterocycles. The maximum absolute atomic E-state index is 3.98. The van der Waals surface area contributed by atoms with Crippen molar-refractivity contribution < 1.29 is 0 Å². The molecule has 0 amide bonds. The van der Waals surface area contributed by atoms with Crippen molar-refractivity contribution >= 4 is 15.9 Å². The van der Waals surface area contributed by atoms with Crippen LogP contribution in [0, 0.1) is 41.4 Å². The van der Waals surface area contributed by atoms with Gasteiger partial charge in [0.2, 0.25) is 0 Å². The SMILES string of the molecule is Brc1ccc2c(c1)[C@@]1(C3C[C@@H]4C[C@H](C3)CC1(c1ccccc1)C4)[C@@H]1C3C[C@@H]4C[C@H](C3)CC21C4. The Hall–Kier alpha value is -1.08. The summed E-state index contributed by atoms with van der Waals surface area (Å²) in [5.74, 6) is 6.73. The fourth-order valence-electron chi connectivity index (χ4n) is 13.0. The van der Waals surface area contributed by atoms with Gasteiger partial charge < -0.3 is 0 Å². The van der Waals surface area contributed by atoms with Gasteiger partial charge in [-0.1, -0.05) is 52.3 Å². The summed E-state index contributed by atoms with van der Waals surface area (Å²) in [6, 6.07) is 19.7. The Kier molecular flexibility index (Phi) is 3.48. The van der Waals surface area contributed by atoms with Crippen LogP contribution in [0.5, 0.6) is 0 Å². The summed E-state index contributed by atoms with van der Waals surface area (Å²) in [5, 5.41) is 0. The minimum atomic E-state index is 0.363. The summed E-state index contributed by atoms with van der Waals surface area (Å²) in [4.78, 5) is 0. The Morgan fingerprint density at radius 2 is 1.33 bits per heavy atom. The van der Waals surface area contributed by atoms with Gasteiger partial charge in [0.1, 0.15) is 0 Å². The van der Waals surface area contributed by atoms with E-state index in [-0.39, 0.29) is 0 Å². The molecule has 8 fully saturated rings. The van der Waals surface area contributed by atoms with Crippen LogP contribution >= 0.6 is 15.9 Å². The monoisotopic (exact) mass is 498 g/mol. The lowest BCUT2D eigenvalue weighted by Gasteiger charge is -2.73. The van der Waals surface area contributed by atoms with Crippen molar-refractivity contribution in [2.24, 2.45) is 41.4 Å². The van der Waals surface area contributed by atoms with E-state index >= 15 is 0 Å². The lowest BCUT2D eigenvalue weighted by atomic mass is 9.30. The molecule has 0 aromatic heterocycles. The lowest BCUT2D eigenvalue weighted by molar-refractivity contribution is -0.170. The summed E-state index contributed by atoms with van der Waals surface area (Å²) < 4.78 is 1.33. The molecule has 0 aliphatic heterocycles. The maximum atomic E-state index is 3.98. The highest BCUT2D eigenvalue weighted by Gasteiger charge is 2.78. The molecule has 8 bridgehead atoms. The molecule has 1 heteroatoms. The molecule has 8 saturated carbocycles. The van der Waals surface area contributed by atoms with Crippen molar-refractivity contribution in [2.45, 2.75) is 80.5 Å². The van der Waals surface area contributed by atoms with Gasteiger partial charge in [-0.05, 0) is 134 Å². The third kappa shape index (κ3) is 2.03. The van der Waals surface area contributed by atoms with Crippen molar-refractivity contribution in [1.29, 1.82) is 0 Å². The molecule has 9 aliphatic rings. The molecule has 33 heavy (non-hydrogen) atoms. The molecule has 2 spiro atoms. The van der Waals surface area contributed by atoms with Gasteiger partial charge >= 0.3 is 0 Å². The van der Waals surface area contributed by atoms with Crippen LogP contribution < -0.4 is 0 Å². The molecule has 9 aliphatic carbocycles. The van der Waals surface area contributed by atoms with Gasteiger partial charge in [-0.3, -0.25) is 0 Å². The van der Waals surface area contributed by atoms with E-state index < -0.39 is 0 Å². The van der Waals surface area contributed by atoms with E-state index in [1.165, 1.54) is 49.4 Å². The van der Waals surface area contributed by atoms with E-state index in [4.69, 9.17) is 0 Å². The zero-order valence-electron chi connectivity index (χ0n) is 19.6. The van der Waals surface area contributed by atoms with Gasteiger partial charge in [0.15, 0.2) is 0 Å². The van der Waals surface area contributed by atoms with Crippen LogP contribution in [0.3, 0.4) is 0 Å². The second kappa shape index (κ2) is 6.00. The first kappa shape index (κ1) is 19.1. The van der Waals surface area contributed by atoms with Crippen LogP contribution in [0.1, 0.15) is 80.9 Å². The van der Waals surface area contributed by atoms with E-state index in [1.54, 1.807) is 24.8 Å². The van der Waals surface area contributed by atoms with Crippen LogP contribution in [0.2, 0.25) is 0 Å². The summed E-state index contributed by atoms with van der Waals surface area (Å²) in [5.41, 5.74) is 6.60. The van der Waals surface area contributed by atoms with E-state index in [0.29, 0.717) is 16.2 Å². The standard InChI is InChI=1S/C32H35Br/c33-26-6-7-27-28(14-26)32(29-23-10-19-8-20(11-23)16-30(27,29)15-19)25-12-21-9-22(13-25)18-31(32,17-21)24-4-2-1-3-5-24/h1-7,14,19-23,25,29H,8-13,15-18H2/t19-,20+,21-,22+,23?,25?,29-,30?,31?,32+/m1/s1. The summed E-state index contributed by atoms with van der Waals surface area (Å²) in [7, 11) is 0. The number of hydrogen-bond donors (Lipinski definition) is 0. The number of benzene rings is 2. The summed E-state index contributed by atoms with van der Waals surface area (Å²) in [6.07, 6.45) is 15.1. The third-order valence-corrected chi connectivity index (χ3v) is 13.2. The van der Waals surface area contributed by atoms with Gasteiger partial charge in [-0.25, -0.2) is 0 Å². The van der Waals surface area contributed by atoms with Gasteiger partial charge in [0.25, 0.3) is 0 Å². The van der Waals surface area contributed by atoms with E-state index in [1.807, 2.05) is 11.1 Å². The highest BCUT2D eigenvalue weighted by atomic mass is 79.9. The van der Waals surface area contributed by atoms with Gasteiger partial charge in [0.05, 0.1) is 0 Å². The van der Waals surface area contributed by atoms with E-state index in [2.05, 4.69) is 64.5 Å². The molecule has 11 rings (SSSR count). The number of halogens is 1.